The maximum absolute atomic E-state index is 4.78. The second-order valence-corrected chi connectivity index (χ2v) is 7.09. The van der Waals surface area contributed by atoms with Crippen molar-refractivity contribution in [1.82, 2.24) is 20.3 Å². The van der Waals surface area contributed by atoms with Gasteiger partial charge in [0.15, 0.2) is 11.6 Å². The fourth-order valence-electron chi connectivity index (χ4n) is 2.89. The van der Waals surface area contributed by atoms with E-state index in [2.05, 4.69) is 65.2 Å². The van der Waals surface area contributed by atoms with E-state index in [1.54, 1.807) is 0 Å². The molecule has 0 spiro atoms. The summed E-state index contributed by atoms with van der Waals surface area (Å²) in [5.74, 6) is 1.51. The molecule has 0 atom stereocenters. The average Bonchev–Trinajstić information content (AvgIpc) is 2.88. The Morgan fingerprint density at radius 2 is 1.58 bits per heavy atom. The van der Waals surface area contributed by atoms with Crippen LogP contribution in [0.25, 0.3) is 11.3 Å². The molecule has 0 unspecified atom stereocenters. The van der Waals surface area contributed by atoms with E-state index < -0.39 is 0 Å². The Labute approximate surface area is 153 Å². The van der Waals surface area contributed by atoms with Crippen molar-refractivity contribution in [2.75, 3.05) is 23.3 Å². The molecule has 1 fully saturated rings. The van der Waals surface area contributed by atoms with Crippen LogP contribution in [0.4, 0.5) is 17.3 Å². The van der Waals surface area contributed by atoms with E-state index in [0.29, 0.717) is 17.1 Å². The van der Waals surface area contributed by atoms with Crippen molar-refractivity contribution in [1.29, 1.82) is 0 Å². The number of hydrogen-bond acceptors (Lipinski definition) is 7. The lowest BCUT2D eigenvalue weighted by Gasteiger charge is -2.23. The van der Waals surface area contributed by atoms with Gasteiger partial charge in [-0.15, -0.1) is 0 Å². The Balaban J connectivity index is 1.73. The summed E-state index contributed by atoms with van der Waals surface area (Å²) in [6.07, 6.45) is 4.86. The highest BCUT2D eigenvalue weighted by Crippen LogP contribution is 2.28. The summed E-state index contributed by atoms with van der Waals surface area (Å²) in [6, 6.07) is 8.16. The normalized spacial score (nSPS) is 15.5. The molecule has 2 aromatic heterocycles. The number of halogens is 1. The SMILES string of the molecule is Ic1ccc(Nc2nc3nonc3nc2N2CCCCCC2)cc1. The monoisotopic (exact) mass is 436 g/mol. The maximum atomic E-state index is 4.78. The first kappa shape index (κ1) is 15.6. The minimum absolute atomic E-state index is 0.418. The summed E-state index contributed by atoms with van der Waals surface area (Å²) in [7, 11) is 0. The fourth-order valence-corrected chi connectivity index (χ4v) is 3.25. The van der Waals surface area contributed by atoms with Gasteiger partial charge in [-0.1, -0.05) is 12.8 Å². The molecule has 8 heteroatoms. The molecule has 1 aliphatic heterocycles. The topological polar surface area (TPSA) is 80.0 Å². The molecule has 7 nitrogen and oxygen atoms in total. The Morgan fingerprint density at radius 3 is 2.29 bits per heavy atom. The van der Waals surface area contributed by atoms with Crippen LogP contribution in [0.5, 0.6) is 0 Å². The number of fused-ring (bicyclic) bond motifs is 1. The molecule has 0 radical (unpaired) electrons. The van der Waals surface area contributed by atoms with Crippen molar-refractivity contribution < 1.29 is 4.63 Å². The van der Waals surface area contributed by atoms with Crippen LogP contribution in [-0.2, 0) is 0 Å². The van der Waals surface area contributed by atoms with Crippen molar-refractivity contribution in [2.45, 2.75) is 25.7 Å². The van der Waals surface area contributed by atoms with E-state index in [1.165, 1.54) is 29.3 Å². The third-order valence-corrected chi connectivity index (χ3v) is 4.83. The van der Waals surface area contributed by atoms with E-state index in [-0.39, 0.29) is 0 Å². The van der Waals surface area contributed by atoms with E-state index in [0.717, 1.165) is 24.6 Å². The number of rotatable bonds is 3. The van der Waals surface area contributed by atoms with Crippen LogP contribution in [-0.4, -0.2) is 33.4 Å². The largest absolute Gasteiger partial charge is 0.353 e. The molecule has 0 aliphatic carbocycles. The van der Waals surface area contributed by atoms with Gasteiger partial charge in [0.05, 0.1) is 0 Å². The number of benzene rings is 1. The number of anilines is 3. The minimum atomic E-state index is 0.418. The van der Waals surface area contributed by atoms with E-state index >= 15 is 0 Å². The Morgan fingerprint density at radius 1 is 0.917 bits per heavy atom. The van der Waals surface area contributed by atoms with E-state index in [9.17, 15) is 0 Å². The summed E-state index contributed by atoms with van der Waals surface area (Å²) in [4.78, 5) is 11.5. The second-order valence-electron chi connectivity index (χ2n) is 5.84. The van der Waals surface area contributed by atoms with Crippen LogP contribution in [0.3, 0.4) is 0 Å². The summed E-state index contributed by atoms with van der Waals surface area (Å²) in [6.45, 7) is 1.96. The van der Waals surface area contributed by atoms with Crippen LogP contribution in [0, 0.1) is 3.57 Å². The van der Waals surface area contributed by atoms with Crippen molar-refractivity contribution in [2.24, 2.45) is 0 Å². The molecule has 3 heterocycles. The summed E-state index contributed by atoms with van der Waals surface area (Å²) in [5, 5.41) is 11.0. The van der Waals surface area contributed by atoms with Gasteiger partial charge in [0.1, 0.15) is 0 Å². The van der Waals surface area contributed by atoms with Gasteiger partial charge in [0.25, 0.3) is 0 Å². The van der Waals surface area contributed by atoms with Crippen LogP contribution in [0.15, 0.2) is 28.9 Å². The van der Waals surface area contributed by atoms with Crippen LogP contribution in [0.2, 0.25) is 0 Å². The molecular formula is C16H17IN6O. The smallest absolute Gasteiger partial charge is 0.245 e. The third kappa shape index (κ3) is 3.28. The highest BCUT2D eigenvalue weighted by Gasteiger charge is 2.19. The first-order valence-corrected chi connectivity index (χ1v) is 9.15. The van der Waals surface area contributed by atoms with Gasteiger partial charge < -0.3 is 10.2 Å². The molecule has 0 saturated carbocycles. The molecule has 0 amide bonds. The quantitative estimate of drug-likeness (QED) is 0.627. The molecule has 1 N–H and O–H groups in total. The first-order chi connectivity index (χ1) is 11.8. The lowest BCUT2D eigenvalue weighted by molar-refractivity contribution is 0.314. The number of aromatic nitrogens is 4. The number of nitrogens with one attached hydrogen (secondary N) is 1. The van der Waals surface area contributed by atoms with Crippen LogP contribution in [0.1, 0.15) is 25.7 Å². The number of hydrogen-bond donors (Lipinski definition) is 1. The Kier molecular flexibility index (Phi) is 4.46. The van der Waals surface area contributed by atoms with Gasteiger partial charge in [-0.2, -0.15) is 0 Å². The van der Waals surface area contributed by atoms with Crippen molar-refractivity contribution >= 4 is 51.2 Å². The zero-order valence-corrected chi connectivity index (χ0v) is 15.2. The van der Waals surface area contributed by atoms with Gasteiger partial charge in [0, 0.05) is 22.3 Å². The molecule has 1 saturated heterocycles. The minimum Gasteiger partial charge on any atom is -0.353 e. The third-order valence-electron chi connectivity index (χ3n) is 4.11. The zero-order chi connectivity index (χ0) is 16.4. The van der Waals surface area contributed by atoms with Gasteiger partial charge in [0.2, 0.25) is 11.3 Å². The maximum Gasteiger partial charge on any atom is 0.245 e. The average molecular weight is 436 g/mol. The summed E-state index contributed by atoms with van der Waals surface area (Å²) < 4.78 is 5.97. The molecule has 3 aromatic rings. The van der Waals surface area contributed by atoms with Crippen molar-refractivity contribution in [3.63, 3.8) is 0 Å². The predicted octanol–water partition coefficient (Wildman–Crippen LogP) is 3.74. The molecular weight excluding hydrogens is 419 g/mol. The molecule has 1 aliphatic rings. The number of nitrogens with zero attached hydrogens (tertiary/aromatic N) is 5. The van der Waals surface area contributed by atoms with Gasteiger partial charge in [-0.25, -0.2) is 14.6 Å². The van der Waals surface area contributed by atoms with Crippen molar-refractivity contribution in [3.05, 3.63) is 27.8 Å². The van der Waals surface area contributed by atoms with Gasteiger partial charge in [-0.3, -0.25) is 0 Å². The van der Waals surface area contributed by atoms with Crippen molar-refractivity contribution in [3.8, 4) is 0 Å². The molecule has 24 heavy (non-hydrogen) atoms. The lowest BCUT2D eigenvalue weighted by atomic mass is 10.2. The second kappa shape index (κ2) is 6.88. The summed E-state index contributed by atoms with van der Waals surface area (Å²) in [5.41, 5.74) is 1.83. The molecule has 0 bridgehead atoms. The van der Waals surface area contributed by atoms with E-state index in [4.69, 9.17) is 4.63 Å². The van der Waals surface area contributed by atoms with Crippen LogP contribution < -0.4 is 10.2 Å². The van der Waals surface area contributed by atoms with E-state index in [1.807, 2.05) is 12.1 Å². The van der Waals surface area contributed by atoms with Crippen LogP contribution >= 0.6 is 22.6 Å². The standard InChI is InChI=1S/C16H17IN6O/c17-11-5-7-12(8-6-11)18-15-16(23-9-3-1-2-4-10-23)20-14-13(19-15)21-24-22-14/h5-8H,1-4,9-10H2,(H,18,19,21). The Bertz CT molecular complexity index is 826. The molecule has 1 aromatic carbocycles. The Hall–Kier alpha value is -1.97. The lowest BCUT2D eigenvalue weighted by Crippen LogP contribution is -2.26. The predicted molar refractivity (Wildman–Crippen MR) is 101 cm³/mol. The zero-order valence-electron chi connectivity index (χ0n) is 13.1. The first-order valence-electron chi connectivity index (χ1n) is 8.07. The molecule has 124 valence electrons. The summed E-state index contributed by atoms with van der Waals surface area (Å²) >= 11 is 2.29. The molecule has 4 rings (SSSR count). The fraction of sp³-hybridized carbons (Fsp3) is 0.375. The highest BCUT2D eigenvalue weighted by atomic mass is 127. The van der Waals surface area contributed by atoms with Gasteiger partial charge >= 0.3 is 0 Å². The highest BCUT2D eigenvalue weighted by molar-refractivity contribution is 14.1. The van der Waals surface area contributed by atoms with Gasteiger partial charge in [-0.05, 0) is 70.0 Å².